The second-order valence-electron chi connectivity index (χ2n) is 4.39. The summed E-state index contributed by atoms with van der Waals surface area (Å²) in [5.41, 5.74) is 3.05. The Morgan fingerprint density at radius 3 is 2.47 bits per heavy atom. The highest BCUT2D eigenvalue weighted by Crippen LogP contribution is 2.21. The van der Waals surface area contributed by atoms with E-state index in [1.165, 1.54) is 5.56 Å². The summed E-state index contributed by atoms with van der Waals surface area (Å²) >= 11 is 0. The lowest BCUT2D eigenvalue weighted by atomic mass is 10.0. The number of rotatable bonds is 2. The highest BCUT2D eigenvalue weighted by Gasteiger charge is 2.07. The van der Waals surface area contributed by atoms with E-state index in [1.807, 2.05) is 48.5 Å². The second kappa shape index (κ2) is 4.99. The van der Waals surface area contributed by atoms with Gasteiger partial charge in [-0.2, -0.15) is 0 Å². The van der Waals surface area contributed by atoms with Crippen LogP contribution < -0.4 is 5.63 Å². The molecular weight excluding hydrogens is 255 g/mol. The Morgan fingerprint density at radius 1 is 1.00 bits per heavy atom. The minimum Gasteiger partial charge on any atom is -0.422 e. The van der Waals surface area contributed by atoms with Crippen LogP contribution in [0.5, 0.6) is 0 Å². The van der Waals surface area contributed by atoms with Crippen LogP contribution in [0.2, 0.25) is 0 Å². The molecule has 0 saturated carbocycles. The first kappa shape index (κ1) is 12.1. The van der Waals surface area contributed by atoms with Crippen molar-refractivity contribution in [1.29, 1.82) is 0 Å². The molecule has 0 N–H and O–H groups in total. The normalized spacial score (nSPS) is 10.8. The van der Waals surface area contributed by atoms with E-state index in [2.05, 4.69) is 9.24 Å². The summed E-state index contributed by atoms with van der Waals surface area (Å²) in [7, 11) is 2.69. The Labute approximate surface area is 113 Å². The van der Waals surface area contributed by atoms with Crippen LogP contribution in [0.15, 0.2) is 63.8 Å². The molecule has 0 radical (unpaired) electrons. The maximum Gasteiger partial charge on any atom is 0.344 e. The van der Waals surface area contributed by atoms with Crippen molar-refractivity contribution in [3.63, 3.8) is 0 Å². The molecule has 3 aromatic rings. The molecule has 3 rings (SSSR count). The fraction of sp³-hybridized carbons (Fsp3) is 0.0625. The Morgan fingerprint density at radius 2 is 1.74 bits per heavy atom. The van der Waals surface area contributed by atoms with Gasteiger partial charge in [0.05, 0.1) is 5.56 Å². The molecular formula is C16H13O2P. The fourth-order valence-electron chi connectivity index (χ4n) is 2.08. The molecule has 94 valence electrons. The molecule has 2 aromatic carbocycles. The Hall–Kier alpha value is -1.92. The fourth-order valence-corrected chi connectivity index (χ4v) is 2.36. The lowest BCUT2D eigenvalue weighted by molar-refractivity contribution is 0.563. The Balaban J connectivity index is 2.18. The van der Waals surface area contributed by atoms with Gasteiger partial charge in [0.25, 0.3) is 0 Å². The summed E-state index contributed by atoms with van der Waals surface area (Å²) in [4.78, 5) is 12.0. The van der Waals surface area contributed by atoms with E-state index < -0.39 is 0 Å². The van der Waals surface area contributed by atoms with Crippen molar-refractivity contribution in [2.75, 3.05) is 0 Å². The van der Waals surface area contributed by atoms with Gasteiger partial charge in [-0.3, -0.25) is 0 Å². The van der Waals surface area contributed by atoms with E-state index in [0.29, 0.717) is 11.1 Å². The van der Waals surface area contributed by atoms with Gasteiger partial charge in [0.1, 0.15) is 5.58 Å². The summed E-state index contributed by atoms with van der Waals surface area (Å²) in [6.07, 6.45) is 0.909. The predicted molar refractivity (Wildman–Crippen MR) is 81.3 cm³/mol. The molecule has 0 aliphatic carbocycles. The van der Waals surface area contributed by atoms with Crippen LogP contribution in [0, 0.1) is 0 Å². The second-order valence-corrected chi connectivity index (χ2v) is 4.79. The Kier molecular flexibility index (Phi) is 3.18. The van der Waals surface area contributed by atoms with Gasteiger partial charge >= 0.3 is 5.63 Å². The average molecular weight is 268 g/mol. The van der Waals surface area contributed by atoms with Crippen molar-refractivity contribution in [3.05, 3.63) is 70.6 Å². The van der Waals surface area contributed by atoms with E-state index >= 15 is 0 Å². The topological polar surface area (TPSA) is 30.2 Å². The van der Waals surface area contributed by atoms with Gasteiger partial charge in [0.2, 0.25) is 0 Å². The van der Waals surface area contributed by atoms with Gasteiger partial charge in [-0.25, -0.2) is 4.79 Å². The monoisotopic (exact) mass is 268 g/mol. The first-order valence-corrected chi connectivity index (χ1v) is 6.92. The van der Waals surface area contributed by atoms with Crippen molar-refractivity contribution in [2.24, 2.45) is 0 Å². The summed E-state index contributed by atoms with van der Waals surface area (Å²) in [6, 6.07) is 17.4. The molecule has 0 spiro atoms. The predicted octanol–water partition coefficient (Wildman–Crippen LogP) is 3.84. The molecule has 1 heterocycles. The minimum atomic E-state index is -0.294. The third kappa shape index (κ3) is 2.32. The maximum absolute atomic E-state index is 12.0. The zero-order valence-corrected chi connectivity index (χ0v) is 11.5. The van der Waals surface area contributed by atoms with Crippen LogP contribution in [-0.4, -0.2) is 0 Å². The van der Waals surface area contributed by atoms with Crippen LogP contribution in [-0.2, 0) is 6.16 Å². The molecule has 0 aliphatic rings. The lowest BCUT2D eigenvalue weighted by Crippen LogP contribution is -2.02. The molecule has 1 aromatic heterocycles. The average Bonchev–Trinajstić information content (AvgIpc) is 2.47. The molecule has 2 nitrogen and oxygen atoms in total. The van der Waals surface area contributed by atoms with E-state index in [-0.39, 0.29) is 5.63 Å². The van der Waals surface area contributed by atoms with E-state index in [4.69, 9.17) is 4.42 Å². The maximum atomic E-state index is 12.0. The van der Waals surface area contributed by atoms with Crippen molar-refractivity contribution in [3.8, 4) is 11.1 Å². The van der Waals surface area contributed by atoms with Gasteiger partial charge in [-0.05, 0) is 29.4 Å². The molecule has 0 amide bonds. The van der Waals surface area contributed by atoms with Crippen molar-refractivity contribution < 1.29 is 4.42 Å². The molecule has 0 fully saturated rings. The van der Waals surface area contributed by atoms with Crippen LogP contribution in [0.1, 0.15) is 5.56 Å². The van der Waals surface area contributed by atoms with E-state index in [1.54, 1.807) is 6.07 Å². The van der Waals surface area contributed by atoms with E-state index in [0.717, 1.165) is 17.1 Å². The van der Waals surface area contributed by atoms with Gasteiger partial charge in [-0.15, -0.1) is 9.24 Å². The largest absolute Gasteiger partial charge is 0.422 e. The molecule has 3 heteroatoms. The number of benzene rings is 2. The molecule has 19 heavy (non-hydrogen) atoms. The number of hydrogen-bond acceptors (Lipinski definition) is 2. The van der Waals surface area contributed by atoms with Crippen LogP contribution in [0.3, 0.4) is 0 Å². The third-order valence-electron chi connectivity index (χ3n) is 3.14. The van der Waals surface area contributed by atoms with Gasteiger partial charge < -0.3 is 4.42 Å². The van der Waals surface area contributed by atoms with Crippen LogP contribution in [0.4, 0.5) is 0 Å². The molecule has 0 bridgehead atoms. The van der Waals surface area contributed by atoms with Gasteiger partial charge in [0, 0.05) is 5.39 Å². The molecule has 0 aliphatic heterocycles. The zero-order valence-electron chi connectivity index (χ0n) is 10.3. The third-order valence-corrected chi connectivity index (χ3v) is 3.61. The number of para-hydroxylation sites is 1. The zero-order chi connectivity index (χ0) is 13.2. The SMILES string of the molecule is O=c1oc2ccccc2cc1-c1ccc(CP)cc1. The highest BCUT2D eigenvalue weighted by atomic mass is 31.0. The summed E-state index contributed by atoms with van der Waals surface area (Å²) in [5.74, 6) is 0. The quantitative estimate of drug-likeness (QED) is 0.522. The summed E-state index contributed by atoms with van der Waals surface area (Å²) in [6.45, 7) is 0. The first-order chi connectivity index (χ1) is 9.28. The molecule has 0 saturated heterocycles. The van der Waals surface area contributed by atoms with Gasteiger partial charge in [0.15, 0.2) is 0 Å². The van der Waals surface area contributed by atoms with Crippen molar-refractivity contribution in [1.82, 2.24) is 0 Å². The minimum absolute atomic E-state index is 0.294. The number of fused-ring (bicyclic) bond motifs is 1. The summed E-state index contributed by atoms with van der Waals surface area (Å²) < 4.78 is 5.34. The molecule has 1 unspecified atom stereocenters. The number of hydrogen-bond donors (Lipinski definition) is 0. The van der Waals surface area contributed by atoms with Crippen molar-refractivity contribution in [2.45, 2.75) is 6.16 Å². The lowest BCUT2D eigenvalue weighted by Gasteiger charge is -2.03. The van der Waals surface area contributed by atoms with Crippen molar-refractivity contribution >= 4 is 20.2 Å². The highest BCUT2D eigenvalue weighted by molar-refractivity contribution is 7.15. The van der Waals surface area contributed by atoms with Crippen LogP contribution >= 0.6 is 9.24 Å². The summed E-state index contributed by atoms with van der Waals surface area (Å²) in [5, 5.41) is 0.937. The standard InChI is InChI=1S/C16H13O2P/c17-16-14(12-7-5-11(10-19)6-8-12)9-13-3-1-2-4-15(13)18-16/h1-9H,10,19H2. The molecule has 1 atom stereocenters. The first-order valence-electron chi connectivity index (χ1n) is 6.10. The van der Waals surface area contributed by atoms with E-state index in [9.17, 15) is 4.79 Å². The van der Waals surface area contributed by atoms with Gasteiger partial charge in [-0.1, -0.05) is 42.5 Å². The van der Waals surface area contributed by atoms with Crippen LogP contribution in [0.25, 0.3) is 22.1 Å². The smallest absolute Gasteiger partial charge is 0.344 e. The Bertz CT molecular complexity index is 773.